The Balaban J connectivity index is 2.24. The van der Waals surface area contributed by atoms with Crippen LogP contribution >= 0.6 is 0 Å². The molecular formula is C17H19FN2O5. The second-order valence-electron chi connectivity index (χ2n) is 6.32. The number of amides is 1. The van der Waals surface area contributed by atoms with Crippen molar-refractivity contribution < 1.29 is 23.1 Å². The van der Waals surface area contributed by atoms with E-state index >= 15 is 0 Å². The van der Waals surface area contributed by atoms with Gasteiger partial charge in [0.2, 0.25) is 0 Å². The van der Waals surface area contributed by atoms with E-state index in [1.165, 1.54) is 12.1 Å². The lowest BCUT2D eigenvalue weighted by atomic mass is 10.1. The van der Waals surface area contributed by atoms with Crippen LogP contribution in [0.5, 0.6) is 0 Å². The Morgan fingerprint density at radius 3 is 2.68 bits per heavy atom. The van der Waals surface area contributed by atoms with Crippen molar-refractivity contribution in [2.75, 3.05) is 11.9 Å². The molecule has 0 saturated heterocycles. The van der Waals surface area contributed by atoms with Gasteiger partial charge in [-0.25, -0.2) is 14.0 Å². The lowest BCUT2D eigenvalue weighted by Crippen LogP contribution is -2.32. The molecule has 0 spiro atoms. The van der Waals surface area contributed by atoms with Crippen LogP contribution in [0.3, 0.4) is 0 Å². The van der Waals surface area contributed by atoms with Crippen molar-refractivity contribution in [3.05, 3.63) is 40.2 Å². The molecule has 0 bridgehead atoms. The summed E-state index contributed by atoms with van der Waals surface area (Å²) in [5.74, 6) is -0.474. The van der Waals surface area contributed by atoms with Crippen molar-refractivity contribution in [1.29, 1.82) is 0 Å². The molecule has 25 heavy (non-hydrogen) atoms. The Morgan fingerprint density at radius 1 is 1.32 bits per heavy atom. The summed E-state index contributed by atoms with van der Waals surface area (Å²) in [6.45, 7) is 5.06. The van der Waals surface area contributed by atoms with E-state index in [0.29, 0.717) is 11.7 Å². The maximum atomic E-state index is 13.9. The molecule has 1 amide bonds. The van der Waals surface area contributed by atoms with Crippen LogP contribution in [0.25, 0.3) is 10.8 Å². The van der Waals surface area contributed by atoms with E-state index in [9.17, 15) is 18.8 Å². The molecule has 1 aromatic carbocycles. The summed E-state index contributed by atoms with van der Waals surface area (Å²) in [6, 6.07) is 3.96. The maximum Gasteiger partial charge on any atom is 0.408 e. The highest BCUT2D eigenvalue weighted by atomic mass is 19.1. The van der Waals surface area contributed by atoms with Crippen LogP contribution in [0.4, 0.5) is 14.9 Å². The summed E-state index contributed by atoms with van der Waals surface area (Å²) >= 11 is 0. The zero-order chi connectivity index (χ0) is 18.6. The number of anilines is 1. The molecule has 1 aromatic heterocycles. The lowest BCUT2D eigenvalue weighted by Gasteiger charge is -2.19. The number of benzene rings is 1. The van der Waals surface area contributed by atoms with Gasteiger partial charge in [0.25, 0.3) is 0 Å². The van der Waals surface area contributed by atoms with E-state index in [2.05, 4.69) is 10.6 Å². The summed E-state index contributed by atoms with van der Waals surface area (Å²) in [6.07, 6.45) is -0.0539. The van der Waals surface area contributed by atoms with Crippen molar-refractivity contribution in [2.45, 2.75) is 32.9 Å². The van der Waals surface area contributed by atoms with Gasteiger partial charge >= 0.3 is 11.7 Å². The predicted molar refractivity (Wildman–Crippen MR) is 90.1 cm³/mol. The fourth-order valence-electron chi connectivity index (χ4n) is 2.11. The first-order chi connectivity index (χ1) is 11.7. The molecule has 0 fully saturated rings. The largest absolute Gasteiger partial charge is 0.444 e. The number of carbonyl (C=O) groups is 2. The molecule has 0 aliphatic carbocycles. The van der Waals surface area contributed by atoms with Gasteiger partial charge in [-0.05, 0) is 44.4 Å². The van der Waals surface area contributed by atoms with E-state index in [1.54, 1.807) is 20.8 Å². The Labute approximate surface area is 143 Å². The van der Waals surface area contributed by atoms with Gasteiger partial charge in [0.1, 0.15) is 23.5 Å². The van der Waals surface area contributed by atoms with Crippen LogP contribution in [-0.4, -0.2) is 24.5 Å². The van der Waals surface area contributed by atoms with Gasteiger partial charge in [-0.3, -0.25) is 0 Å². The summed E-state index contributed by atoms with van der Waals surface area (Å²) in [7, 11) is 0. The molecule has 0 unspecified atom stereocenters. The monoisotopic (exact) mass is 350 g/mol. The first-order valence-electron chi connectivity index (χ1n) is 7.60. The second kappa shape index (κ2) is 7.33. The molecule has 2 aromatic rings. The molecule has 8 heteroatoms. The number of ether oxygens (including phenoxy) is 1. The number of carbonyl (C=O) groups excluding carboxylic acids is 2. The number of nitrogens with one attached hydrogen (secondary N) is 2. The average Bonchev–Trinajstić information content (AvgIpc) is 2.50. The van der Waals surface area contributed by atoms with E-state index in [-0.39, 0.29) is 29.9 Å². The minimum absolute atomic E-state index is 0.0586. The molecular weight excluding hydrogens is 331 g/mol. The van der Waals surface area contributed by atoms with Crippen molar-refractivity contribution in [1.82, 2.24) is 5.32 Å². The number of hydrogen-bond acceptors (Lipinski definition) is 6. The first kappa shape index (κ1) is 18.4. The van der Waals surface area contributed by atoms with Crippen molar-refractivity contribution in [3.63, 3.8) is 0 Å². The zero-order valence-electron chi connectivity index (χ0n) is 14.1. The van der Waals surface area contributed by atoms with Gasteiger partial charge < -0.3 is 24.6 Å². The third-order valence-corrected chi connectivity index (χ3v) is 3.08. The fraction of sp³-hybridized carbons (Fsp3) is 0.353. The first-order valence-corrected chi connectivity index (χ1v) is 7.60. The Morgan fingerprint density at radius 2 is 2.04 bits per heavy atom. The molecule has 1 heterocycles. The van der Waals surface area contributed by atoms with Gasteiger partial charge in [-0.15, -0.1) is 0 Å². The Kier molecular flexibility index (Phi) is 5.41. The Bertz CT molecular complexity index is 854. The quantitative estimate of drug-likeness (QED) is 0.805. The van der Waals surface area contributed by atoms with E-state index in [1.807, 2.05) is 0 Å². The van der Waals surface area contributed by atoms with Crippen LogP contribution in [0.15, 0.2) is 27.4 Å². The average molecular weight is 350 g/mol. The molecule has 0 saturated carbocycles. The lowest BCUT2D eigenvalue weighted by molar-refractivity contribution is -0.106. The summed E-state index contributed by atoms with van der Waals surface area (Å²) in [5, 5.41) is 5.57. The van der Waals surface area contributed by atoms with Crippen LogP contribution in [0, 0.1) is 5.82 Å². The highest BCUT2D eigenvalue weighted by Crippen LogP contribution is 2.21. The minimum Gasteiger partial charge on any atom is -0.444 e. The molecule has 0 aliphatic heterocycles. The summed E-state index contributed by atoms with van der Waals surface area (Å²) < 4.78 is 24.1. The van der Waals surface area contributed by atoms with Crippen LogP contribution in [0.1, 0.15) is 26.5 Å². The van der Waals surface area contributed by atoms with Crippen molar-refractivity contribution >= 4 is 28.8 Å². The maximum absolute atomic E-state index is 13.9. The summed E-state index contributed by atoms with van der Waals surface area (Å²) in [4.78, 5) is 34.1. The number of rotatable bonds is 5. The highest BCUT2D eigenvalue weighted by molar-refractivity contribution is 5.85. The van der Waals surface area contributed by atoms with Gasteiger partial charge in [0, 0.05) is 0 Å². The van der Waals surface area contributed by atoms with E-state index in [0.717, 1.165) is 6.07 Å². The normalized spacial score (nSPS) is 11.2. The van der Waals surface area contributed by atoms with Crippen LogP contribution in [0.2, 0.25) is 0 Å². The molecule has 0 aliphatic rings. The Hall–Kier alpha value is -2.90. The number of halogens is 1. The SMILES string of the molecule is CC(C)(C)OC(=O)NCc1cc2cc(NCC=O)c(F)cc2c(=O)o1. The third kappa shape index (κ3) is 5.03. The number of fused-ring (bicyclic) bond motifs is 1. The van der Waals surface area contributed by atoms with Crippen LogP contribution in [-0.2, 0) is 16.1 Å². The standard InChI is InChI=1S/C17H19FN2O5/c1-17(2,3)25-16(23)20-9-11-6-10-7-14(19-4-5-21)13(18)8-12(10)15(22)24-11/h5-8,19H,4,9H2,1-3H3,(H,20,23). The molecule has 2 N–H and O–H groups in total. The zero-order valence-corrected chi connectivity index (χ0v) is 14.1. The van der Waals surface area contributed by atoms with E-state index in [4.69, 9.17) is 9.15 Å². The summed E-state index contributed by atoms with van der Waals surface area (Å²) in [5.41, 5.74) is -1.28. The molecule has 2 rings (SSSR count). The number of hydrogen-bond donors (Lipinski definition) is 2. The highest BCUT2D eigenvalue weighted by Gasteiger charge is 2.16. The molecule has 7 nitrogen and oxygen atoms in total. The molecule has 0 radical (unpaired) electrons. The molecule has 134 valence electrons. The second-order valence-corrected chi connectivity index (χ2v) is 6.32. The minimum atomic E-state index is -0.723. The van der Waals surface area contributed by atoms with Gasteiger partial charge in [0.05, 0.1) is 24.2 Å². The number of alkyl carbamates (subject to hydrolysis) is 1. The van der Waals surface area contributed by atoms with Gasteiger partial charge in [-0.1, -0.05) is 0 Å². The predicted octanol–water partition coefficient (Wildman–Crippen LogP) is 2.57. The van der Waals surface area contributed by atoms with Crippen molar-refractivity contribution in [3.8, 4) is 0 Å². The smallest absolute Gasteiger partial charge is 0.408 e. The van der Waals surface area contributed by atoms with Gasteiger partial charge in [-0.2, -0.15) is 0 Å². The van der Waals surface area contributed by atoms with Crippen molar-refractivity contribution in [2.24, 2.45) is 0 Å². The van der Waals surface area contributed by atoms with Gasteiger partial charge in [0.15, 0.2) is 0 Å². The molecule has 0 atom stereocenters. The number of aldehydes is 1. The fourth-order valence-corrected chi connectivity index (χ4v) is 2.11. The third-order valence-electron chi connectivity index (χ3n) is 3.08. The topological polar surface area (TPSA) is 97.6 Å². The van der Waals surface area contributed by atoms with E-state index < -0.39 is 23.1 Å². The van der Waals surface area contributed by atoms with Crippen LogP contribution < -0.4 is 16.3 Å².